The average Bonchev–Trinajstić information content (AvgIpc) is 3.01. The summed E-state index contributed by atoms with van der Waals surface area (Å²) < 4.78 is 9.10. The number of rotatable bonds is 5. The van der Waals surface area contributed by atoms with Crippen LogP contribution in [0, 0.1) is 0 Å². The van der Waals surface area contributed by atoms with Crippen molar-refractivity contribution >= 4 is 5.91 Å². The fourth-order valence-electron chi connectivity index (χ4n) is 3.14. The molecule has 0 spiro atoms. The van der Waals surface area contributed by atoms with E-state index in [-0.39, 0.29) is 30.2 Å². The van der Waals surface area contributed by atoms with Crippen molar-refractivity contribution in [1.82, 2.24) is 24.6 Å². The summed E-state index contributed by atoms with van der Waals surface area (Å²) in [6, 6.07) is 6.80. The molecule has 1 N–H and O–H groups in total. The van der Waals surface area contributed by atoms with E-state index in [1.807, 2.05) is 24.8 Å². The van der Waals surface area contributed by atoms with Gasteiger partial charge in [-0.1, -0.05) is 6.07 Å². The molecule has 134 valence electrons. The highest BCUT2D eigenvalue weighted by Gasteiger charge is 2.33. The SMILES string of the molecule is CN1CCO[C@@H](CNC(=O)Cn2ccccc2=O)[C@@H]1c1ccnn1C. The Morgan fingerprint density at radius 1 is 1.36 bits per heavy atom. The second kappa shape index (κ2) is 7.62. The Kier molecular flexibility index (Phi) is 5.30. The summed E-state index contributed by atoms with van der Waals surface area (Å²) in [4.78, 5) is 26.1. The Morgan fingerprint density at radius 2 is 2.20 bits per heavy atom. The van der Waals surface area contributed by atoms with Gasteiger partial charge in [0.25, 0.3) is 5.56 Å². The second-order valence-electron chi connectivity index (χ2n) is 6.19. The number of likely N-dealkylation sites (N-methyl/N-ethyl adjacent to an activating group) is 1. The monoisotopic (exact) mass is 345 g/mol. The number of aryl methyl sites for hydroxylation is 1. The zero-order valence-corrected chi connectivity index (χ0v) is 14.5. The molecule has 0 aliphatic carbocycles. The first kappa shape index (κ1) is 17.4. The van der Waals surface area contributed by atoms with Crippen LogP contribution < -0.4 is 10.9 Å². The lowest BCUT2D eigenvalue weighted by Crippen LogP contribution is -2.49. The zero-order chi connectivity index (χ0) is 17.8. The number of pyridine rings is 1. The second-order valence-corrected chi connectivity index (χ2v) is 6.19. The van der Waals surface area contributed by atoms with Crippen molar-refractivity contribution in [2.45, 2.75) is 18.7 Å². The van der Waals surface area contributed by atoms with Crippen LogP contribution in [0.2, 0.25) is 0 Å². The van der Waals surface area contributed by atoms with Gasteiger partial charge in [0.05, 0.1) is 24.4 Å². The van der Waals surface area contributed by atoms with Gasteiger partial charge in [-0.2, -0.15) is 5.10 Å². The summed E-state index contributed by atoms with van der Waals surface area (Å²) in [7, 11) is 3.94. The third-order valence-electron chi connectivity index (χ3n) is 4.48. The number of nitrogens with one attached hydrogen (secondary N) is 1. The van der Waals surface area contributed by atoms with Gasteiger partial charge in [0.2, 0.25) is 5.91 Å². The molecule has 2 atom stereocenters. The molecule has 2 aromatic rings. The molecule has 1 fully saturated rings. The van der Waals surface area contributed by atoms with Gasteiger partial charge in [-0.25, -0.2) is 0 Å². The van der Waals surface area contributed by atoms with Crippen LogP contribution in [0.1, 0.15) is 11.7 Å². The minimum atomic E-state index is -0.214. The Hall–Kier alpha value is -2.45. The van der Waals surface area contributed by atoms with Crippen molar-refractivity contribution in [3.8, 4) is 0 Å². The first-order valence-electron chi connectivity index (χ1n) is 8.28. The molecule has 3 heterocycles. The minimum absolute atomic E-state index is 0.00138. The summed E-state index contributed by atoms with van der Waals surface area (Å²) in [6.45, 7) is 1.81. The molecule has 25 heavy (non-hydrogen) atoms. The number of amides is 1. The molecule has 1 saturated heterocycles. The van der Waals surface area contributed by atoms with Crippen molar-refractivity contribution in [2.75, 3.05) is 26.7 Å². The maximum atomic E-state index is 12.2. The quantitative estimate of drug-likeness (QED) is 0.810. The van der Waals surface area contributed by atoms with E-state index in [0.29, 0.717) is 13.2 Å². The van der Waals surface area contributed by atoms with Crippen LogP contribution in [-0.2, 0) is 23.1 Å². The first-order valence-corrected chi connectivity index (χ1v) is 8.28. The van der Waals surface area contributed by atoms with Gasteiger partial charge in [0, 0.05) is 38.6 Å². The van der Waals surface area contributed by atoms with Gasteiger partial charge in [-0.3, -0.25) is 19.2 Å². The van der Waals surface area contributed by atoms with Crippen LogP contribution in [-0.4, -0.2) is 58.0 Å². The van der Waals surface area contributed by atoms with Crippen molar-refractivity contribution < 1.29 is 9.53 Å². The number of aromatic nitrogens is 3. The van der Waals surface area contributed by atoms with Crippen molar-refractivity contribution in [1.29, 1.82) is 0 Å². The van der Waals surface area contributed by atoms with E-state index in [1.165, 1.54) is 10.6 Å². The van der Waals surface area contributed by atoms with Gasteiger partial charge in [0.15, 0.2) is 0 Å². The van der Waals surface area contributed by atoms with Gasteiger partial charge in [0.1, 0.15) is 6.54 Å². The van der Waals surface area contributed by atoms with E-state index in [2.05, 4.69) is 15.3 Å². The number of nitrogens with zero attached hydrogens (tertiary/aromatic N) is 4. The van der Waals surface area contributed by atoms with E-state index < -0.39 is 0 Å². The highest BCUT2D eigenvalue weighted by molar-refractivity contribution is 5.75. The molecule has 2 aromatic heterocycles. The predicted octanol–water partition coefficient (Wildman–Crippen LogP) is -0.230. The molecule has 0 radical (unpaired) electrons. The predicted molar refractivity (Wildman–Crippen MR) is 92.0 cm³/mol. The van der Waals surface area contributed by atoms with Crippen LogP contribution >= 0.6 is 0 Å². The van der Waals surface area contributed by atoms with E-state index in [1.54, 1.807) is 24.5 Å². The number of morpholine rings is 1. The highest BCUT2D eigenvalue weighted by atomic mass is 16.5. The molecule has 0 unspecified atom stereocenters. The Morgan fingerprint density at radius 3 is 2.92 bits per heavy atom. The molecule has 1 aliphatic heterocycles. The summed E-state index contributed by atoms with van der Waals surface area (Å²) >= 11 is 0. The largest absolute Gasteiger partial charge is 0.373 e. The number of carbonyl (C=O) groups is 1. The Labute approximate surface area is 146 Å². The maximum absolute atomic E-state index is 12.2. The van der Waals surface area contributed by atoms with Crippen molar-refractivity contribution in [3.63, 3.8) is 0 Å². The van der Waals surface area contributed by atoms with Crippen LogP contribution in [0.15, 0.2) is 41.5 Å². The molecule has 8 nitrogen and oxygen atoms in total. The molecule has 3 rings (SSSR count). The average molecular weight is 345 g/mol. The molecular weight excluding hydrogens is 322 g/mol. The number of hydrogen-bond acceptors (Lipinski definition) is 5. The zero-order valence-electron chi connectivity index (χ0n) is 14.5. The third-order valence-corrected chi connectivity index (χ3v) is 4.48. The number of hydrogen-bond donors (Lipinski definition) is 1. The van der Waals surface area contributed by atoms with Gasteiger partial charge < -0.3 is 14.6 Å². The Balaban J connectivity index is 1.64. The van der Waals surface area contributed by atoms with Crippen LogP contribution in [0.3, 0.4) is 0 Å². The molecular formula is C17H23N5O3. The molecule has 1 amide bonds. The fraction of sp³-hybridized carbons (Fsp3) is 0.471. The summed E-state index contributed by atoms with van der Waals surface area (Å²) in [5, 5.41) is 7.11. The lowest BCUT2D eigenvalue weighted by Gasteiger charge is -2.39. The van der Waals surface area contributed by atoms with Crippen LogP contribution in [0.5, 0.6) is 0 Å². The lowest BCUT2D eigenvalue weighted by molar-refractivity contribution is -0.123. The summed E-state index contributed by atoms with van der Waals surface area (Å²) in [5.74, 6) is -0.214. The maximum Gasteiger partial charge on any atom is 0.250 e. The molecule has 0 aromatic carbocycles. The van der Waals surface area contributed by atoms with E-state index in [0.717, 1.165) is 12.2 Å². The van der Waals surface area contributed by atoms with E-state index in [9.17, 15) is 9.59 Å². The van der Waals surface area contributed by atoms with Crippen molar-refractivity contribution in [3.05, 3.63) is 52.7 Å². The minimum Gasteiger partial charge on any atom is -0.373 e. The topological polar surface area (TPSA) is 81.4 Å². The lowest BCUT2D eigenvalue weighted by atomic mass is 10.0. The smallest absolute Gasteiger partial charge is 0.250 e. The molecule has 8 heteroatoms. The molecule has 0 bridgehead atoms. The van der Waals surface area contributed by atoms with Crippen molar-refractivity contribution in [2.24, 2.45) is 7.05 Å². The number of carbonyl (C=O) groups excluding carboxylic acids is 1. The fourth-order valence-corrected chi connectivity index (χ4v) is 3.14. The van der Waals surface area contributed by atoms with E-state index >= 15 is 0 Å². The highest BCUT2D eigenvalue weighted by Crippen LogP contribution is 2.27. The molecule has 1 aliphatic rings. The van der Waals surface area contributed by atoms with Gasteiger partial charge in [-0.05, 0) is 19.2 Å². The first-order chi connectivity index (χ1) is 12.1. The van der Waals surface area contributed by atoms with Gasteiger partial charge in [-0.15, -0.1) is 0 Å². The van der Waals surface area contributed by atoms with Crippen LogP contribution in [0.25, 0.3) is 0 Å². The standard InChI is InChI=1S/C17H23N5O3/c1-20-9-10-25-14(17(20)13-6-7-19-21(13)2)11-18-15(23)12-22-8-4-3-5-16(22)24/h3-8,14,17H,9-12H2,1-2H3,(H,18,23)/t14-,17-/m0/s1. The number of ether oxygens (including phenoxy) is 1. The van der Waals surface area contributed by atoms with E-state index in [4.69, 9.17) is 4.74 Å². The third kappa shape index (κ3) is 3.97. The van der Waals surface area contributed by atoms with Gasteiger partial charge >= 0.3 is 0 Å². The molecule has 0 saturated carbocycles. The summed E-state index contributed by atoms with van der Waals surface area (Å²) in [6.07, 6.45) is 3.19. The Bertz CT molecular complexity index is 784. The summed E-state index contributed by atoms with van der Waals surface area (Å²) in [5.41, 5.74) is 0.847. The van der Waals surface area contributed by atoms with Crippen LogP contribution in [0.4, 0.5) is 0 Å². The normalized spacial score (nSPS) is 21.2.